The van der Waals surface area contributed by atoms with Crippen molar-refractivity contribution in [1.82, 2.24) is 9.80 Å². The van der Waals surface area contributed by atoms with E-state index in [1.54, 1.807) is 25.7 Å². The first kappa shape index (κ1) is 28.4. The van der Waals surface area contributed by atoms with Crippen LogP contribution in [0.2, 0.25) is 0 Å². The summed E-state index contributed by atoms with van der Waals surface area (Å²) in [6.07, 6.45) is 2.36. The van der Waals surface area contributed by atoms with Crippen LogP contribution in [0.25, 0.3) is 0 Å². The molecule has 2 fully saturated rings. The number of hydrogen-bond acceptors (Lipinski definition) is 8. The monoisotopic (exact) mass is 480 g/mol. The normalized spacial score (nSPS) is 22.5. The molecule has 0 radical (unpaired) electrons. The van der Waals surface area contributed by atoms with Crippen LogP contribution in [0, 0.1) is 0 Å². The number of piperidine rings is 2. The summed E-state index contributed by atoms with van der Waals surface area (Å²) in [4.78, 5) is 26.4. The molecule has 0 bridgehead atoms. The van der Waals surface area contributed by atoms with E-state index in [1.165, 1.54) is 4.90 Å². The average molecular weight is 481 g/mol. The second-order valence-corrected chi connectivity index (χ2v) is 11.8. The van der Waals surface area contributed by atoms with E-state index in [0.29, 0.717) is 32.5 Å². The van der Waals surface area contributed by atoms with Gasteiger partial charge in [-0.05, 0) is 67.2 Å². The predicted octanol–water partition coefficient (Wildman–Crippen LogP) is 2.74. The number of β-amino-alcohol motifs (C(OH)–C–C–N with tert-alkyl or cyclic N) is 1. The molecule has 2 aliphatic heterocycles. The van der Waals surface area contributed by atoms with E-state index in [-0.39, 0.29) is 12.6 Å². The minimum atomic E-state index is -3.49. The number of carbonyl (C=O) groups excluding carboxylic acids is 2. The molecule has 0 aromatic carbocycles. The molecule has 10 nitrogen and oxygen atoms in total. The number of amides is 2. The molecule has 2 amide bonds. The van der Waals surface area contributed by atoms with Crippen LogP contribution in [-0.2, 0) is 23.8 Å². The topological polar surface area (TPSA) is 123 Å². The molecule has 32 heavy (non-hydrogen) atoms. The Balaban J connectivity index is 0.000000330. The Morgan fingerprint density at radius 2 is 1.28 bits per heavy atom. The van der Waals surface area contributed by atoms with Crippen molar-refractivity contribution in [3.05, 3.63) is 0 Å². The standard InChI is InChI=1S/C11H21NO5S.C10H19NO3/c1-11(2,3)16-10(13)12-7-5-6-9(8-12)17-18(4,14)15;1-10(2,3)14-9(13)11-6-4-5-8(12)7-11/h9H,5-8H2,1-4H3;8,12H,4-7H2,1-3H3. The van der Waals surface area contributed by atoms with Crippen molar-refractivity contribution in [2.75, 3.05) is 32.4 Å². The summed E-state index contributed by atoms with van der Waals surface area (Å²) in [5, 5.41) is 9.38. The van der Waals surface area contributed by atoms with Crippen molar-refractivity contribution < 1.29 is 36.8 Å². The fourth-order valence-corrected chi connectivity index (χ4v) is 3.85. The molecule has 188 valence electrons. The smallest absolute Gasteiger partial charge is 0.410 e. The molecule has 0 saturated carbocycles. The molecule has 11 heteroatoms. The van der Waals surface area contributed by atoms with Gasteiger partial charge in [0.25, 0.3) is 10.1 Å². The molecule has 2 unspecified atom stereocenters. The summed E-state index contributed by atoms with van der Waals surface area (Å²) in [5.74, 6) is 0. The first-order valence-corrected chi connectivity index (χ1v) is 12.8. The van der Waals surface area contributed by atoms with Gasteiger partial charge in [-0.25, -0.2) is 9.59 Å². The van der Waals surface area contributed by atoms with Gasteiger partial charge in [0.2, 0.25) is 0 Å². The maximum absolute atomic E-state index is 11.8. The van der Waals surface area contributed by atoms with Crippen LogP contribution < -0.4 is 0 Å². The molecule has 2 aliphatic rings. The maximum Gasteiger partial charge on any atom is 0.410 e. The largest absolute Gasteiger partial charge is 0.444 e. The predicted molar refractivity (Wildman–Crippen MR) is 120 cm³/mol. The summed E-state index contributed by atoms with van der Waals surface area (Å²) < 4.78 is 37.4. The van der Waals surface area contributed by atoms with E-state index < -0.39 is 39.6 Å². The van der Waals surface area contributed by atoms with Gasteiger partial charge in [0.05, 0.1) is 25.0 Å². The van der Waals surface area contributed by atoms with E-state index in [1.807, 2.05) is 20.8 Å². The molecular weight excluding hydrogens is 440 g/mol. The molecule has 0 aliphatic carbocycles. The molecule has 0 aromatic heterocycles. The van der Waals surface area contributed by atoms with Crippen molar-refractivity contribution in [1.29, 1.82) is 0 Å². The lowest BCUT2D eigenvalue weighted by molar-refractivity contribution is 0.00385. The van der Waals surface area contributed by atoms with Crippen LogP contribution in [0.4, 0.5) is 9.59 Å². The molecule has 2 saturated heterocycles. The second-order valence-electron chi connectivity index (χ2n) is 10.2. The number of aliphatic hydroxyl groups is 1. The van der Waals surface area contributed by atoms with Crippen molar-refractivity contribution in [2.45, 2.75) is 90.6 Å². The van der Waals surface area contributed by atoms with Crippen molar-refractivity contribution >= 4 is 22.3 Å². The fourth-order valence-electron chi connectivity index (χ4n) is 3.20. The number of nitrogens with zero attached hydrogens (tertiary/aromatic N) is 2. The zero-order valence-corrected chi connectivity index (χ0v) is 21.2. The Morgan fingerprint density at radius 3 is 1.69 bits per heavy atom. The van der Waals surface area contributed by atoms with Gasteiger partial charge < -0.3 is 24.4 Å². The first-order valence-electron chi connectivity index (χ1n) is 11.0. The number of ether oxygens (including phenoxy) is 2. The van der Waals surface area contributed by atoms with Gasteiger partial charge in [0, 0.05) is 19.6 Å². The molecule has 0 aromatic rings. The SMILES string of the molecule is CC(C)(C)OC(=O)N1CCCC(O)C1.CC(C)(C)OC(=O)N1CCCC(OS(C)(=O)=O)C1. The Hall–Kier alpha value is -1.59. The van der Waals surface area contributed by atoms with Crippen LogP contribution in [0.1, 0.15) is 67.2 Å². The second kappa shape index (κ2) is 11.5. The highest BCUT2D eigenvalue weighted by Crippen LogP contribution is 2.18. The summed E-state index contributed by atoms with van der Waals surface area (Å²) >= 11 is 0. The van der Waals surface area contributed by atoms with Gasteiger partial charge in [-0.1, -0.05) is 0 Å². The van der Waals surface area contributed by atoms with Crippen LogP contribution in [-0.4, -0.2) is 91.4 Å². The van der Waals surface area contributed by atoms with Crippen molar-refractivity contribution in [2.24, 2.45) is 0 Å². The third-order valence-corrected chi connectivity index (χ3v) is 5.01. The van der Waals surface area contributed by atoms with Crippen LogP contribution in [0.3, 0.4) is 0 Å². The minimum absolute atomic E-state index is 0.252. The van der Waals surface area contributed by atoms with E-state index >= 15 is 0 Å². The van der Waals surface area contributed by atoms with E-state index in [2.05, 4.69) is 0 Å². The van der Waals surface area contributed by atoms with Gasteiger partial charge in [-0.2, -0.15) is 8.42 Å². The summed E-state index contributed by atoms with van der Waals surface area (Å²) in [6.45, 7) is 12.8. The summed E-state index contributed by atoms with van der Waals surface area (Å²) in [5.41, 5.74) is -1.01. The lowest BCUT2D eigenvalue weighted by Gasteiger charge is -2.33. The first-order chi connectivity index (χ1) is 14.5. The summed E-state index contributed by atoms with van der Waals surface area (Å²) in [6, 6.07) is 0. The molecular formula is C21H40N2O8S. The van der Waals surface area contributed by atoms with Gasteiger partial charge in [-0.15, -0.1) is 0 Å². The van der Waals surface area contributed by atoms with Crippen molar-refractivity contribution in [3.63, 3.8) is 0 Å². The zero-order valence-electron chi connectivity index (χ0n) is 20.4. The quantitative estimate of drug-likeness (QED) is 0.599. The Bertz CT molecular complexity index is 727. The highest BCUT2D eigenvalue weighted by molar-refractivity contribution is 7.86. The van der Waals surface area contributed by atoms with E-state index in [9.17, 15) is 23.1 Å². The highest BCUT2D eigenvalue weighted by Gasteiger charge is 2.30. The molecule has 2 rings (SSSR count). The third kappa shape index (κ3) is 12.4. The number of hydrogen-bond donors (Lipinski definition) is 1. The molecule has 0 spiro atoms. The fraction of sp³-hybridized carbons (Fsp3) is 0.905. The molecule has 2 heterocycles. The highest BCUT2D eigenvalue weighted by atomic mass is 32.2. The van der Waals surface area contributed by atoms with Crippen molar-refractivity contribution in [3.8, 4) is 0 Å². The number of rotatable bonds is 2. The summed E-state index contributed by atoms with van der Waals surface area (Å²) in [7, 11) is -3.49. The number of carbonyl (C=O) groups is 2. The van der Waals surface area contributed by atoms with Gasteiger partial charge >= 0.3 is 12.2 Å². The maximum atomic E-state index is 11.8. The lowest BCUT2D eigenvalue weighted by Crippen LogP contribution is -2.45. The van der Waals surface area contributed by atoms with Gasteiger partial charge in [-0.3, -0.25) is 4.18 Å². The van der Waals surface area contributed by atoms with E-state index in [0.717, 1.165) is 19.1 Å². The molecule has 1 N–H and O–H groups in total. The Morgan fingerprint density at radius 1 is 0.844 bits per heavy atom. The van der Waals surface area contributed by atoms with E-state index in [4.69, 9.17) is 13.7 Å². The zero-order chi connectivity index (χ0) is 24.7. The lowest BCUT2D eigenvalue weighted by atomic mass is 10.1. The van der Waals surface area contributed by atoms with Gasteiger partial charge in [0.15, 0.2) is 0 Å². The number of likely N-dealkylation sites (tertiary alicyclic amines) is 2. The Kier molecular flexibility index (Phi) is 10.2. The van der Waals surface area contributed by atoms with Crippen LogP contribution >= 0.6 is 0 Å². The molecule has 2 atom stereocenters. The number of aliphatic hydroxyl groups excluding tert-OH is 1. The average Bonchev–Trinajstić information content (AvgIpc) is 2.58. The van der Waals surface area contributed by atoms with Crippen LogP contribution in [0.15, 0.2) is 0 Å². The Labute approximate surface area is 192 Å². The van der Waals surface area contributed by atoms with Crippen LogP contribution in [0.5, 0.6) is 0 Å². The minimum Gasteiger partial charge on any atom is -0.444 e. The van der Waals surface area contributed by atoms with Gasteiger partial charge in [0.1, 0.15) is 11.2 Å². The third-order valence-electron chi connectivity index (χ3n) is 4.39.